The van der Waals surface area contributed by atoms with E-state index >= 15 is 0 Å². The predicted octanol–water partition coefficient (Wildman–Crippen LogP) is 11.7. The molecular weight excluding hydrogens is 582 g/mol. The highest BCUT2D eigenvalue weighted by Crippen LogP contribution is 2.62. The van der Waals surface area contributed by atoms with Crippen LogP contribution >= 0.6 is 11.6 Å². The van der Waals surface area contributed by atoms with Crippen molar-refractivity contribution in [2.45, 2.75) is 5.41 Å². The van der Waals surface area contributed by atoms with E-state index in [1.807, 2.05) is 6.07 Å². The van der Waals surface area contributed by atoms with Crippen LogP contribution in [-0.2, 0) is 5.41 Å². The lowest BCUT2D eigenvalue weighted by Crippen LogP contribution is -2.28. The van der Waals surface area contributed by atoms with E-state index in [2.05, 4.69) is 156 Å². The monoisotopic (exact) mass is 607 g/mol. The molecule has 7 aromatic carbocycles. The number of hydrogen-bond acceptors (Lipinski definition) is 1. The van der Waals surface area contributed by atoms with Crippen LogP contribution in [0.1, 0.15) is 22.3 Å². The summed E-state index contributed by atoms with van der Waals surface area (Å²) in [5.74, 6) is 0. The zero-order valence-electron chi connectivity index (χ0n) is 24.7. The summed E-state index contributed by atoms with van der Waals surface area (Å²) in [5.41, 5.74) is 11.6. The van der Waals surface area contributed by atoms with E-state index in [1.165, 1.54) is 38.5 Å². The number of hydrogen-bond donors (Lipinski definition) is 0. The molecule has 2 aromatic heterocycles. The smallest absolute Gasteiger partial charge is 0.141 e. The van der Waals surface area contributed by atoms with E-state index in [9.17, 15) is 0 Å². The molecule has 0 atom stereocenters. The van der Waals surface area contributed by atoms with Gasteiger partial charge in [-0.2, -0.15) is 0 Å². The summed E-state index contributed by atoms with van der Waals surface area (Å²) in [6, 6.07) is 56.1. The fourth-order valence-corrected chi connectivity index (χ4v) is 8.39. The van der Waals surface area contributed by atoms with Gasteiger partial charge in [-0.25, -0.2) is 0 Å². The maximum atomic E-state index is 7.08. The van der Waals surface area contributed by atoms with Gasteiger partial charge in [-0.1, -0.05) is 133 Å². The first-order chi connectivity index (χ1) is 22.8. The van der Waals surface area contributed by atoms with Crippen LogP contribution in [0.3, 0.4) is 0 Å². The van der Waals surface area contributed by atoms with Gasteiger partial charge in [-0.15, -0.1) is 0 Å². The van der Waals surface area contributed by atoms with Crippen molar-refractivity contribution in [2.75, 3.05) is 0 Å². The normalized spacial score (nSPS) is 13.5. The van der Waals surface area contributed by atoms with Crippen molar-refractivity contribution >= 4 is 55.3 Å². The maximum absolute atomic E-state index is 7.08. The van der Waals surface area contributed by atoms with Gasteiger partial charge in [-0.3, -0.25) is 0 Å². The zero-order chi connectivity index (χ0) is 30.4. The van der Waals surface area contributed by atoms with Crippen LogP contribution in [0, 0.1) is 0 Å². The number of nitrogens with zero attached hydrogens (tertiary/aromatic N) is 1. The van der Waals surface area contributed by atoms with E-state index < -0.39 is 5.41 Å². The fourth-order valence-electron chi connectivity index (χ4n) is 8.22. The van der Waals surface area contributed by atoms with Gasteiger partial charge >= 0.3 is 0 Å². The Labute approximate surface area is 270 Å². The summed E-state index contributed by atoms with van der Waals surface area (Å²) < 4.78 is 9.54. The number of halogens is 1. The Morgan fingerprint density at radius 1 is 0.565 bits per heavy atom. The number of fused-ring (bicyclic) bond motifs is 12. The van der Waals surface area contributed by atoms with Crippen molar-refractivity contribution in [3.05, 3.63) is 185 Å². The minimum atomic E-state index is -0.684. The molecule has 216 valence electrons. The quantitative estimate of drug-likeness (QED) is 0.195. The lowest BCUT2D eigenvalue weighted by atomic mass is 9.67. The molecule has 0 aliphatic heterocycles. The highest BCUT2D eigenvalue weighted by Gasteiger charge is 2.50. The van der Waals surface area contributed by atoms with E-state index in [0.29, 0.717) is 5.02 Å². The molecule has 46 heavy (non-hydrogen) atoms. The largest absolute Gasteiger partial charge is 0.456 e. The molecule has 0 saturated heterocycles. The third-order valence-corrected chi connectivity index (χ3v) is 10.1. The van der Waals surface area contributed by atoms with E-state index in [0.717, 1.165) is 44.3 Å². The van der Waals surface area contributed by atoms with E-state index in [-0.39, 0.29) is 0 Å². The summed E-state index contributed by atoms with van der Waals surface area (Å²) in [5, 5.41) is 5.38. The molecule has 10 rings (SSSR count). The van der Waals surface area contributed by atoms with Gasteiger partial charge in [0, 0.05) is 43.4 Å². The van der Waals surface area contributed by atoms with E-state index in [4.69, 9.17) is 16.0 Å². The first kappa shape index (κ1) is 25.7. The topological polar surface area (TPSA) is 18.1 Å². The van der Waals surface area contributed by atoms with Gasteiger partial charge < -0.3 is 8.98 Å². The number of benzene rings is 7. The fraction of sp³-hybridized carbons (Fsp3) is 0.0233. The molecule has 9 aromatic rings. The second-order valence-corrected chi connectivity index (χ2v) is 12.6. The van der Waals surface area contributed by atoms with Crippen molar-refractivity contribution < 1.29 is 4.42 Å². The SMILES string of the molecule is Clc1ccc2c(c1)C(c1ccccc1)(c1ccccc1)c1c-2c2c(c3ccccc3n2-c2ccccc2)c2c1oc1ccccc12. The van der Waals surface area contributed by atoms with Crippen molar-refractivity contribution in [1.29, 1.82) is 0 Å². The van der Waals surface area contributed by atoms with Crippen molar-refractivity contribution in [3.8, 4) is 16.8 Å². The Kier molecular flexibility index (Phi) is 5.29. The summed E-state index contributed by atoms with van der Waals surface area (Å²) in [4.78, 5) is 0. The highest BCUT2D eigenvalue weighted by molar-refractivity contribution is 6.33. The van der Waals surface area contributed by atoms with Gasteiger partial charge in [0.25, 0.3) is 0 Å². The molecule has 0 bridgehead atoms. The Balaban J connectivity index is 1.58. The van der Waals surface area contributed by atoms with Gasteiger partial charge in [-0.05, 0) is 58.7 Å². The molecule has 0 N–H and O–H groups in total. The molecule has 0 saturated carbocycles. The van der Waals surface area contributed by atoms with Crippen molar-refractivity contribution in [2.24, 2.45) is 0 Å². The lowest BCUT2D eigenvalue weighted by molar-refractivity contribution is 0.650. The van der Waals surface area contributed by atoms with Crippen LogP contribution in [0.5, 0.6) is 0 Å². The van der Waals surface area contributed by atoms with Crippen LogP contribution < -0.4 is 0 Å². The minimum absolute atomic E-state index is 0.684. The van der Waals surface area contributed by atoms with Crippen LogP contribution in [-0.4, -0.2) is 4.57 Å². The molecule has 2 nitrogen and oxygen atoms in total. The summed E-state index contributed by atoms with van der Waals surface area (Å²) in [6.45, 7) is 0. The Bertz CT molecular complexity index is 2590. The third kappa shape index (κ3) is 3.21. The van der Waals surface area contributed by atoms with Gasteiger partial charge in [0.2, 0.25) is 0 Å². The minimum Gasteiger partial charge on any atom is -0.456 e. The zero-order valence-corrected chi connectivity index (χ0v) is 25.5. The molecule has 0 unspecified atom stereocenters. The maximum Gasteiger partial charge on any atom is 0.141 e. The Morgan fingerprint density at radius 3 is 1.89 bits per heavy atom. The molecule has 0 amide bonds. The molecule has 1 aliphatic carbocycles. The van der Waals surface area contributed by atoms with Gasteiger partial charge in [0.1, 0.15) is 11.2 Å². The van der Waals surface area contributed by atoms with Crippen LogP contribution in [0.2, 0.25) is 5.02 Å². The molecular formula is C43H26ClNO. The molecule has 0 spiro atoms. The third-order valence-electron chi connectivity index (χ3n) is 9.89. The number of rotatable bonds is 3. The van der Waals surface area contributed by atoms with E-state index in [1.54, 1.807) is 0 Å². The number of furan rings is 1. The van der Waals surface area contributed by atoms with Crippen LogP contribution in [0.15, 0.2) is 162 Å². The van der Waals surface area contributed by atoms with Crippen molar-refractivity contribution in [3.63, 3.8) is 0 Å². The van der Waals surface area contributed by atoms with Gasteiger partial charge in [0.05, 0.1) is 16.4 Å². The number of para-hydroxylation sites is 3. The lowest BCUT2D eigenvalue weighted by Gasteiger charge is -2.34. The van der Waals surface area contributed by atoms with Gasteiger partial charge in [0.15, 0.2) is 0 Å². The second-order valence-electron chi connectivity index (χ2n) is 12.1. The summed E-state index contributed by atoms with van der Waals surface area (Å²) >= 11 is 6.93. The average Bonchev–Trinajstić information content (AvgIpc) is 3.76. The summed E-state index contributed by atoms with van der Waals surface area (Å²) in [6.07, 6.45) is 0. The first-order valence-electron chi connectivity index (χ1n) is 15.6. The van der Waals surface area contributed by atoms with Crippen LogP contribution in [0.4, 0.5) is 0 Å². The Hall–Kier alpha value is -5.57. The standard InChI is InChI=1S/C43H26ClNO/c44-29-24-25-31-34(26-29)43(27-14-4-1-5-15-27,28-16-6-2-7-17-28)40-39(31)41-37(38-33-21-11-13-23-36(33)46-42(38)40)32-20-10-12-22-35(32)45(41)30-18-8-3-9-19-30/h1-26H. The second kappa shape index (κ2) is 9.47. The molecule has 3 heteroatoms. The first-order valence-corrected chi connectivity index (χ1v) is 16.0. The van der Waals surface area contributed by atoms with Crippen LogP contribution in [0.25, 0.3) is 60.6 Å². The Morgan fingerprint density at radius 2 is 1.17 bits per heavy atom. The summed E-state index contributed by atoms with van der Waals surface area (Å²) in [7, 11) is 0. The highest BCUT2D eigenvalue weighted by atomic mass is 35.5. The average molecular weight is 608 g/mol. The van der Waals surface area contributed by atoms with Crippen molar-refractivity contribution in [1.82, 2.24) is 4.57 Å². The molecule has 0 radical (unpaired) electrons. The molecule has 2 heterocycles. The predicted molar refractivity (Wildman–Crippen MR) is 190 cm³/mol. The molecule has 0 fully saturated rings. The molecule has 1 aliphatic rings. The number of aromatic nitrogens is 1.